The molecule has 106 valence electrons. The Bertz CT molecular complexity index is 433. The van der Waals surface area contributed by atoms with E-state index in [0.717, 1.165) is 16.9 Å². The molecule has 1 aromatic rings. The largest absolute Gasteiger partial charge is 0.326 e. The number of nitrogens with two attached hydrogens (primary N) is 1. The van der Waals surface area contributed by atoms with Crippen molar-refractivity contribution in [2.24, 2.45) is 5.73 Å². The first kappa shape index (κ1) is 15.3. The van der Waals surface area contributed by atoms with Crippen LogP contribution in [0.5, 0.6) is 0 Å². The highest BCUT2D eigenvalue weighted by molar-refractivity contribution is 8.07. The second-order valence-corrected chi connectivity index (χ2v) is 8.74. The fraction of sp³-hybridized carbons (Fsp3) is 0.625. The van der Waals surface area contributed by atoms with Gasteiger partial charge in [-0.15, -0.1) is 0 Å². The molecule has 0 spiro atoms. The van der Waals surface area contributed by atoms with Crippen LogP contribution >= 0.6 is 23.5 Å². The molecule has 1 fully saturated rings. The second-order valence-electron chi connectivity index (χ2n) is 5.70. The summed E-state index contributed by atoms with van der Waals surface area (Å²) < 4.78 is 0. The zero-order valence-corrected chi connectivity index (χ0v) is 14.0. The van der Waals surface area contributed by atoms with Crippen LogP contribution in [-0.4, -0.2) is 27.5 Å². The van der Waals surface area contributed by atoms with E-state index in [2.05, 4.69) is 69.4 Å². The summed E-state index contributed by atoms with van der Waals surface area (Å²) in [6, 6.07) is 7.01. The van der Waals surface area contributed by atoms with E-state index in [-0.39, 0.29) is 6.04 Å². The van der Waals surface area contributed by atoms with E-state index in [1.807, 2.05) is 0 Å². The van der Waals surface area contributed by atoms with Gasteiger partial charge in [0.2, 0.25) is 0 Å². The fourth-order valence-corrected chi connectivity index (χ4v) is 5.43. The molecule has 0 aromatic heterocycles. The van der Waals surface area contributed by atoms with Crippen LogP contribution in [0, 0.1) is 13.8 Å². The van der Waals surface area contributed by atoms with E-state index in [9.17, 15) is 0 Å². The topological polar surface area (TPSA) is 26.0 Å². The van der Waals surface area contributed by atoms with E-state index in [1.165, 1.54) is 22.4 Å². The van der Waals surface area contributed by atoms with Gasteiger partial charge in [-0.1, -0.05) is 32.0 Å². The third-order valence-electron chi connectivity index (χ3n) is 4.09. The van der Waals surface area contributed by atoms with Gasteiger partial charge in [0, 0.05) is 27.5 Å². The summed E-state index contributed by atoms with van der Waals surface area (Å²) in [7, 11) is 0. The minimum atomic E-state index is 0.273. The Hall–Kier alpha value is -0.120. The molecule has 1 aliphatic rings. The second kappa shape index (κ2) is 6.55. The highest BCUT2D eigenvalue weighted by Gasteiger charge is 2.29. The third kappa shape index (κ3) is 3.93. The molecule has 4 atom stereocenters. The Morgan fingerprint density at radius 2 is 1.95 bits per heavy atom. The van der Waals surface area contributed by atoms with Gasteiger partial charge in [-0.05, 0) is 37.0 Å². The van der Waals surface area contributed by atoms with Crippen LogP contribution in [0.3, 0.4) is 0 Å². The summed E-state index contributed by atoms with van der Waals surface area (Å²) in [6.45, 7) is 9.00. The first-order chi connectivity index (χ1) is 8.97. The summed E-state index contributed by atoms with van der Waals surface area (Å²) in [5.41, 5.74) is 10.6. The first-order valence-electron chi connectivity index (χ1n) is 7.06. The van der Waals surface area contributed by atoms with Crippen molar-refractivity contribution in [2.45, 2.75) is 55.9 Å². The van der Waals surface area contributed by atoms with Crippen molar-refractivity contribution in [3.8, 4) is 0 Å². The molecule has 2 rings (SSSR count). The average Bonchev–Trinajstić information content (AvgIpc) is 2.37. The third-order valence-corrected chi connectivity index (χ3v) is 7.67. The van der Waals surface area contributed by atoms with Crippen molar-refractivity contribution >= 4 is 23.5 Å². The lowest BCUT2D eigenvalue weighted by Crippen LogP contribution is -2.41. The standard InChI is InChI=1S/C16H25NS2/c1-10-5-6-14(7-11(10)2)8-15(17)16-9-18-12(3)13(4)19-16/h5-7,12-13,15-16H,8-9,17H2,1-4H3. The summed E-state index contributed by atoms with van der Waals surface area (Å²) in [6.07, 6.45) is 1.00. The summed E-state index contributed by atoms with van der Waals surface area (Å²) >= 11 is 4.16. The highest BCUT2D eigenvalue weighted by atomic mass is 32.2. The molecule has 2 N–H and O–H groups in total. The van der Waals surface area contributed by atoms with Gasteiger partial charge in [-0.3, -0.25) is 0 Å². The molecule has 19 heavy (non-hydrogen) atoms. The van der Waals surface area contributed by atoms with Crippen LogP contribution in [0.1, 0.15) is 30.5 Å². The zero-order valence-electron chi connectivity index (χ0n) is 12.3. The lowest BCUT2D eigenvalue weighted by Gasteiger charge is -2.34. The Kier molecular flexibility index (Phi) is 5.27. The molecule has 1 aromatic carbocycles. The van der Waals surface area contributed by atoms with Crippen LogP contribution in [0.25, 0.3) is 0 Å². The maximum absolute atomic E-state index is 6.44. The Labute approximate surface area is 126 Å². The molecule has 0 amide bonds. The number of hydrogen-bond acceptors (Lipinski definition) is 3. The van der Waals surface area contributed by atoms with Crippen LogP contribution in [0.2, 0.25) is 0 Å². The molecule has 0 bridgehead atoms. The van der Waals surface area contributed by atoms with E-state index in [1.54, 1.807) is 0 Å². The van der Waals surface area contributed by atoms with Crippen LogP contribution < -0.4 is 5.73 Å². The minimum Gasteiger partial charge on any atom is -0.326 e. The molecular weight excluding hydrogens is 270 g/mol. The van der Waals surface area contributed by atoms with Gasteiger partial charge in [0.05, 0.1) is 0 Å². The maximum atomic E-state index is 6.44. The van der Waals surface area contributed by atoms with E-state index in [4.69, 9.17) is 5.73 Å². The number of rotatable bonds is 3. The van der Waals surface area contributed by atoms with Gasteiger partial charge in [0.15, 0.2) is 0 Å². The Balaban J connectivity index is 1.97. The molecule has 3 heteroatoms. The smallest absolute Gasteiger partial charge is 0.0295 e. The van der Waals surface area contributed by atoms with Crippen LogP contribution in [-0.2, 0) is 6.42 Å². The molecule has 1 heterocycles. The number of thioether (sulfide) groups is 2. The number of aryl methyl sites for hydroxylation is 2. The molecule has 0 saturated carbocycles. The summed E-state index contributed by atoms with van der Waals surface area (Å²) in [5, 5.41) is 2.07. The summed E-state index contributed by atoms with van der Waals surface area (Å²) in [4.78, 5) is 0. The van der Waals surface area contributed by atoms with Crippen molar-refractivity contribution in [2.75, 3.05) is 5.75 Å². The SMILES string of the molecule is Cc1ccc(CC(N)C2CSC(C)C(C)S2)cc1C. The van der Waals surface area contributed by atoms with Crippen molar-refractivity contribution in [3.05, 3.63) is 34.9 Å². The molecule has 1 nitrogen and oxygen atoms in total. The molecule has 4 unspecified atom stereocenters. The van der Waals surface area contributed by atoms with Crippen LogP contribution in [0.4, 0.5) is 0 Å². The van der Waals surface area contributed by atoms with Gasteiger partial charge in [0.1, 0.15) is 0 Å². The van der Waals surface area contributed by atoms with Gasteiger partial charge in [-0.25, -0.2) is 0 Å². The van der Waals surface area contributed by atoms with Gasteiger partial charge in [0.25, 0.3) is 0 Å². The lowest BCUT2D eigenvalue weighted by molar-refractivity contribution is 0.656. The van der Waals surface area contributed by atoms with Crippen LogP contribution in [0.15, 0.2) is 18.2 Å². The maximum Gasteiger partial charge on any atom is 0.0295 e. The summed E-state index contributed by atoms with van der Waals surface area (Å²) in [5.74, 6) is 1.20. The van der Waals surface area contributed by atoms with Crippen molar-refractivity contribution in [3.63, 3.8) is 0 Å². The number of benzene rings is 1. The van der Waals surface area contributed by atoms with E-state index >= 15 is 0 Å². The molecular formula is C16H25NS2. The normalized spacial score (nSPS) is 29.2. The lowest BCUT2D eigenvalue weighted by atomic mass is 10.00. The molecule has 0 radical (unpaired) electrons. The average molecular weight is 296 g/mol. The predicted octanol–water partition coefficient (Wildman–Crippen LogP) is 3.80. The quantitative estimate of drug-likeness (QED) is 0.918. The first-order valence-corrected chi connectivity index (χ1v) is 9.05. The molecule has 1 aliphatic heterocycles. The highest BCUT2D eigenvalue weighted by Crippen LogP contribution is 2.37. The van der Waals surface area contributed by atoms with Crippen molar-refractivity contribution in [1.29, 1.82) is 0 Å². The number of hydrogen-bond donors (Lipinski definition) is 1. The van der Waals surface area contributed by atoms with Gasteiger partial charge in [-0.2, -0.15) is 23.5 Å². The predicted molar refractivity (Wildman–Crippen MR) is 90.4 cm³/mol. The van der Waals surface area contributed by atoms with Crippen molar-refractivity contribution < 1.29 is 0 Å². The molecule has 1 saturated heterocycles. The monoisotopic (exact) mass is 295 g/mol. The Morgan fingerprint density at radius 1 is 1.21 bits per heavy atom. The van der Waals surface area contributed by atoms with Gasteiger partial charge >= 0.3 is 0 Å². The molecule has 0 aliphatic carbocycles. The van der Waals surface area contributed by atoms with E-state index < -0.39 is 0 Å². The Morgan fingerprint density at radius 3 is 2.58 bits per heavy atom. The van der Waals surface area contributed by atoms with Gasteiger partial charge < -0.3 is 5.73 Å². The zero-order chi connectivity index (χ0) is 14.0. The minimum absolute atomic E-state index is 0.273. The van der Waals surface area contributed by atoms with Crippen molar-refractivity contribution in [1.82, 2.24) is 0 Å². The van der Waals surface area contributed by atoms with E-state index in [0.29, 0.717) is 5.25 Å². The fourth-order valence-electron chi connectivity index (χ4n) is 2.37.